The molecule has 1 aromatic rings. The van der Waals surface area contributed by atoms with Crippen LogP contribution in [0.25, 0.3) is 0 Å². The molecule has 2 heteroatoms. The average Bonchev–Trinajstić information content (AvgIpc) is 2.20. The highest BCUT2D eigenvalue weighted by Crippen LogP contribution is 2.32. The Kier molecular flexibility index (Phi) is 2.45. The molecule has 0 N–H and O–H groups in total. The van der Waals surface area contributed by atoms with Crippen molar-refractivity contribution in [3.8, 4) is 0 Å². The van der Waals surface area contributed by atoms with E-state index >= 15 is 0 Å². The van der Waals surface area contributed by atoms with Crippen LogP contribution in [-0.2, 0) is 17.6 Å². The third-order valence-corrected chi connectivity index (χ3v) is 3.31. The maximum Gasteiger partial charge on any atom is 0.235 e. The van der Waals surface area contributed by atoms with Crippen LogP contribution < -0.4 is 0 Å². The summed E-state index contributed by atoms with van der Waals surface area (Å²) in [7, 11) is 0. The van der Waals surface area contributed by atoms with Crippen molar-refractivity contribution in [2.75, 3.05) is 0 Å². The lowest BCUT2D eigenvalue weighted by atomic mass is 9.78. The molecule has 0 saturated carbocycles. The molecule has 15 heavy (non-hydrogen) atoms. The minimum atomic E-state index is -0.235. The standard InChI is InChI=1S/C13H15NO/c1-10-4-3-5-11-6-7-13(2,14-9-15)8-12(10)11/h3-5H,6-8H2,1-2H3. The molecule has 0 aliphatic heterocycles. The number of hydrogen-bond donors (Lipinski definition) is 0. The normalized spacial score (nSPS) is 24.1. The first-order valence-corrected chi connectivity index (χ1v) is 5.31. The summed E-state index contributed by atoms with van der Waals surface area (Å²) in [5, 5.41) is 0. The molecular formula is C13H15NO. The summed E-state index contributed by atoms with van der Waals surface area (Å²) in [4.78, 5) is 14.3. The van der Waals surface area contributed by atoms with Crippen LogP contribution >= 0.6 is 0 Å². The summed E-state index contributed by atoms with van der Waals surface area (Å²) < 4.78 is 0. The monoisotopic (exact) mass is 201 g/mol. The molecule has 0 aromatic heterocycles. The first-order chi connectivity index (χ1) is 7.14. The Bertz CT molecular complexity index is 432. The van der Waals surface area contributed by atoms with Crippen molar-refractivity contribution in [2.45, 2.75) is 38.6 Å². The summed E-state index contributed by atoms with van der Waals surface area (Å²) in [6.07, 6.45) is 4.52. The Balaban J connectivity index is 2.41. The third kappa shape index (κ3) is 1.86. The number of aryl methyl sites for hydroxylation is 2. The van der Waals surface area contributed by atoms with Crippen molar-refractivity contribution in [2.24, 2.45) is 4.99 Å². The second-order valence-corrected chi connectivity index (χ2v) is 4.59. The molecular weight excluding hydrogens is 186 g/mol. The highest BCUT2D eigenvalue weighted by atomic mass is 16.1. The van der Waals surface area contributed by atoms with E-state index in [0.717, 1.165) is 19.3 Å². The SMILES string of the molecule is Cc1cccc2c1CC(C)(N=C=O)CC2. The number of hydrogen-bond acceptors (Lipinski definition) is 2. The first kappa shape index (κ1) is 10.1. The van der Waals surface area contributed by atoms with E-state index in [0.29, 0.717) is 0 Å². The van der Waals surface area contributed by atoms with Gasteiger partial charge in [0.1, 0.15) is 0 Å². The second-order valence-electron chi connectivity index (χ2n) is 4.59. The fraction of sp³-hybridized carbons (Fsp3) is 0.462. The van der Waals surface area contributed by atoms with Gasteiger partial charge in [0.05, 0.1) is 5.54 Å². The summed E-state index contributed by atoms with van der Waals surface area (Å²) in [5.41, 5.74) is 3.85. The first-order valence-electron chi connectivity index (χ1n) is 5.31. The lowest BCUT2D eigenvalue weighted by Gasteiger charge is -2.30. The average molecular weight is 201 g/mol. The fourth-order valence-electron chi connectivity index (χ4n) is 2.33. The number of carbonyl (C=O) groups excluding carboxylic acids is 1. The predicted octanol–water partition coefficient (Wildman–Crippen LogP) is 2.58. The molecule has 0 heterocycles. The molecule has 0 radical (unpaired) electrons. The number of aliphatic imine (C=N–C) groups is 1. The van der Waals surface area contributed by atoms with Crippen molar-refractivity contribution < 1.29 is 4.79 Å². The highest BCUT2D eigenvalue weighted by molar-refractivity contribution is 5.41. The minimum Gasteiger partial charge on any atom is -0.211 e. The third-order valence-electron chi connectivity index (χ3n) is 3.31. The van der Waals surface area contributed by atoms with Crippen LogP contribution in [0.1, 0.15) is 30.0 Å². The van der Waals surface area contributed by atoms with Crippen LogP contribution in [0.2, 0.25) is 0 Å². The summed E-state index contributed by atoms with van der Waals surface area (Å²) in [6, 6.07) is 6.39. The molecule has 0 spiro atoms. The Morgan fingerprint density at radius 2 is 2.27 bits per heavy atom. The lowest BCUT2D eigenvalue weighted by molar-refractivity contribution is 0.406. The molecule has 0 bridgehead atoms. The Hall–Kier alpha value is -1.40. The van der Waals surface area contributed by atoms with Gasteiger partial charge < -0.3 is 0 Å². The van der Waals surface area contributed by atoms with Crippen LogP contribution in [0.15, 0.2) is 23.2 Å². The molecule has 2 rings (SSSR count). The fourth-order valence-corrected chi connectivity index (χ4v) is 2.33. The van der Waals surface area contributed by atoms with Crippen molar-refractivity contribution in [1.82, 2.24) is 0 Å². The van der Waals surface area contributed by atoms with Crippen molar-refractivity contribution in [3.05, 3.63) is 34.9 Å². The zero-order chi connectivity index (χ0) is 10.9. The zero-order valence-corrected chi connectivity index (χ0v) is 9.21. The van der Waals surface area contributed by atoms with E-state index in [1.54, 1.807) is 6.08 Å². The molecule has 0 amide bonds. The van der Waals surface area contributed by atoms with E-state index in [1.807, 2.05) is 6.92 Å². The van der Waals surface area contributed by atoms with E-state index in [-0.39, 0.29) is 5.54 Å². The molecule has 1 unspecified atom stereocenters. The van der Waals surface area contributed by atoms with Gasteiger partial charge in [-0.15, -0.1) is 0 Å². The van der Waals surface area contributed by atoms with E-state index in [9.17, 15) is 4.79 Å². The molecule has 1 atom stereocenters. The minimum absolute atomic E-state index is 0.235. The van der Waals surface area contributed by atoms with Crippen molar-refractivity contribution >= 4 is 6.08 Å². The van der Waals surface area contributed by atoms with Crippen molar-refractivity contribution in [1.29, 1.82) is 0 Å². The van der Waals surface area contributed by atoms with Gasteiger partial charge >= 0.3 is 0 Å². The number of nitrogens with zero attached hydrogens (tertiary/aromatic N) is 1. The second kappa shape index (κ2) is 3.63. The van der Waals surface area contributed by atoms with E-state index in [1.165, 1.54) is 16.7 Å². The number of fused-ring (bicyclic) bond motifs is 1. The molecule has 0 saturated heterocycles. The quantitative estimate of drug-likeness (QED) is 0.507. The largest absolute Gasteiger partial charge is 0.235 e. The van der Waals surface area contributed by atoms with Crippen LogP contribution in [0.3, 0.4) is 0 Å². The van der Waals surface area contributed by atoms with Gasteiger partial charge in [0, 0.05) is 0 Å². The molecule has 78 valence electrons. The Morgan fingerprint density at radius 1 is 1.47 bits per heavy atom. The van der Waals surface area contributed by atoms with Crippen molar-refractivity contribution in [3.63, 3.8) is 0 Å². The van der Waals surface area contributed by atoms with Crippen LogP contribution in [0.5, 0.6) is 0 Å². The molecule has 1 aliphatic carbocycles. The number of rotatable bonds is 1. The lowest BCUT2D eigenvalue weighted by Crippen LogP contribution is -2.30. The smallest absolute Gasteiger partial charge is 0.211 e. The number of benzene rings is 1. The van der Waals surface area contributed by atoms with Gasteiger partial charge in [-0.2, -0.15) is 4.99 Å². The number of isocyanates is 1. The van der Waals surface area contributed by atoms with Gasteiger partial charge in [0.15, 0.2) is 0 Å². The van der Waals surface area contributed by atoms with E-state index in [4.69, 9.17) is 0 Å². The van der Waals surface area contributed by atoms with Gasteiger partial charge in [-0.05, 0) is 49.8 Å². The zero-order valence-electron chi connectivity index (χ0n) is 9.21. The molecule has 1 aliphatic rings. The van der Waals surface area contributed by atoms with Gasteiger partial charge in [0.2, 0.25) is 6.08 Å². The Morgan fingerprint density at radius 3 is 3.00 bits per heavy atom. The van der Waals surface area contributed by atoms with Gasteiger partial charge in [-0.3, -0.25) is 0 Å². The predicted molar refractivity (Wildman–Crippen MR) is 59.7 cm³/mol. The molecule has 2 nitrogen and oxygen atoms in total. The van der Waals surface area contributed by atoms with Gasteiger partial charge in [-0.1, -0.05) is 18.2 Å². The van der Waals surface area contributed by atoms with Crippen LogP contribution in [0.4, 0.5) is 0 Å². The van der Waals surface area contributed by atoms with Gasteiger partial charge in [-0.25, -0.2) is 4.79 Å². The van der Waals surface area contributed by atoms with Crippen LogP contribution in [-0.4, -0.2) is 11.6 Å². The molecule has 1 aromatic carbocycles. The highest BCUT2D eigenvalue weighted by Gasteiger charge is 2.30. The summed E-state index contributed by atoms with van der Waals surface area (Å²) in [6.45, 7) is 4.16. The van der Waals surface area contributed by atoms with E-state index in [2.05, 4.69) is 30.1 Å². The maximum atomic E-state index is 10.4. The summed E-state index contributed by atoms with van der Waals surface area (Å²) in [5.74, 6) is 0. The van der Waals surface area contributed by atoms with Gasteiger partial charge in [0.25, 0.3) is 0 Å². The molecule has 0 fully saturated rings. The van der Waals surface area contributed by atoms with E-state index < -0.39 is 0 Å². The topological polar surface area (TPSA) is 29.4 Å². The van der Waals surface area contributed by atoms with Crippen LogP contribution in [0, 0.1) is 6.92 Å². The summed E-state index contributed by atoms with van der Waals surface area (Å²) >= 11 is 0. The maximum absolute atomic E-state index is 10.4. The Labute approximate surface area is 90.0 Å².